The quantitative estimate of drug-likeness (QED) is 0.437. The van der Waals surface area contributed by atoms with Gasteiger partial charge >= 0.3 is 0 Å². The summed E-state index contributed by atoms with van der Waals surface area (Å²) in [6.07, 6.45) is 1.12. The molecule has 0 bridgehead atoms. The van der Waals surface area contributed by atoms with Gasteiger partial charge in [-0.3, -0.25) is 4.98 Å². The van der Waals surface area contributed by atoms with Crippen molar-refractivity contribution in [3.05, 3.63) is 23.8 Å². The topological polar surface area (TPSA) is 12.9 Å². The van der Waals surface area contributed by atoms with E-state index in [4.69, 9.17) is 17.8 Å². The van der Waals surface area contributed by atoms with E-state index in [1.807, 2.05) is 0 Å². The Balaban J connectivity index is 3.23. The number of thiol groups is 1. The summed E-state index contributed by atoms with van der Waals surface area (Å²) in [7, 11) is 9.10. The van der Waals surface area contributed by atoms with Crippen molar-refractivity contribution >= 4 is 37.6 Å². The van der Waals surface area contributed by atoms with Crippen molar-refractivity contribution in [2.75, 3.05) is 0 Å². The maximum atomic E-state index is 12.7. The molecule has 2 radical (unpaired) electrons. The maximum Gasteiger partial charge on any atom is 0.178 e. The Morgan fingerprint density at radius 3 is 2.75 bits per heavy atom. The molecular weight excluding hydrogens is 215 g/mol. The monoisotopic (exact) mass is 221 g/mol. The average Bonchev–Trinajstić information content (AvgIpc) is 1.92. The van der Waals surface area contributed by atoms with Crippen LogP contribution in [-0.4, -0.2) is 12.1 Å². The van der Waals surface area contributed by atoms with Gasteiger partial charge in [0.2, 0.25) is 0 Å². The van der Waals surface area contributed by atoms with E-state index < -0.39 is 13.9 Å². The highest BCUT2D eigenvalue weighted by Gasteiger charge is 2.15. The summed E-state index contributed by atoms with van der Waals surface area (Å²) in [5.74, 6) is -0.451. The average molecular weight is 222 g/mol. The lowest BCUT2D eigenvalue weighted by Crippen LogP contribution is -1.93. The SMILES string of the molecule is [B]S(S)(Cl)c1cc(F)cnc1C. The van der Waals surface area contributed by atoms with E-state index in [0.29, 0.717) is 10.6 Å². The van der Waals surface area contributed by atoms with Crippen molar-refractivity contribution < 1.29 is 4.39 Å². The van der Waals surface area contributed by atoms with Gasteiger partial charge in [-0.2, -0.15) is 0 Å². The van der Waals surface area contributed by atoms with E-state index in [1.165, 1.54) is 6.07 Å². The van der Waals surface area contributed by atoms with Crippen molar-refractivity contribution in [1.29, 1.82) is 0 Å². The van der Waals surface area contributed by atoms with Crippen LogP contribution in [0.5, 0.6) is 0 Å². The molecule has 0 aliphatic rings. The summed E-state index contributed by atoms with van der Waals surface area (Å²) >= 11 is 3.98. The Kier molecular flexibility index (Phi) is 2.96. The highest BCUT2D eigenvalue weighted by Crippen LogP contribution is 2.61. The zero-order valence-corrected chi connectivity index (χ0v) is 8.76. The molecule has 0 spiro atoms. The number of pyridine rings is 1. The summed E-state index contributed by atoms with van der Waals surface area (Å²) in [6, 6.07) is 1.26. The molecule has 0 N–H and O–H groups in total. The molecule has 0 aliphatic carbocycles. The largest absolute Gasteiger partial charge is 0.257 e. The van der Waals surface area contributed by atoms with Crippen LogP contribution in [0.1, 0.15) is 5.69 Å². The first-order chi connectivity index (χ1) is 5.41. The molecule has 12 heavy (non-hydrogen) atoms. The number of rotatable bonds is 1. The van der Waals surface area contributed by atoms with E-state index >= 15 is 0 Å². The van der Waals surface area contributed by atoms with Crippen LogP contribution >= 0.6 is 30.5 Å². The van der Waals surface area contributed by atoms with Crippen LogP contribution in [-0.2, 0) is 0 Å². The van der Waals surface area contributed by atoms with Crippen molar-refractivity contribution in [3.8, 4) is 0 Å². The fraction of sp³-hybridized carbons (Fsp3) is 0.167. The van der Waals surface area contributed by atoms with Gasteiger partial charge < -0.3 is 0 Å². The fourth-order valence-electron chi connectivity index (χ4n) is 0.779. The second-order valence-corrected chi connectivity index (χ2v) is 7.66. The lowest BCUT2D eigenvalue weighted by Gasteiger charge is -2.22. The number of halogens is 2. The van der Waals surface area contributed by atoms with Crippen LogP contribution in [0.4, 0.5) is 4.39 Å². The van der Waals surface area contributed by atoms with Gasteiger partial charge in [-0.25, -0.2) is 4.39 Å². The van der Waals surface area contributed by atoms with Crippen molar-refractivity contribution in [2.45, 2.75) is 11.8 Å². The lowest BCUT2D eigenvalue weighted by atomic mass is 10.4. The molecular formula is C6H6BClFNS2. The normalized spacial score (nSPS) is 18.3. The van der Waals surface area contributed by atoms with Crippen LogP contribution in [0.25, 0.3) is 0 Å². The smallest absolute Gasteiger partial charge is 0.178 e. The minimum atomic E-state index is -2.19. The zero-order valence-electron chi connectivity index (χ0n) is 6.29. The number of hydrogen-bond acceptors (Lipinski definition) is 2. The molecule has 1 heterocycles. The van der Waals surface area contributed by atoms with Gasteiger partial charge in [0.25, 0.3) is 0 Å². The molecule has 0 amide bonds. The summed E-state index contributed by atoms with van der Waals surface area (Å²) in [4.78, 5) is 4.24. The maximum absolute atomic E-state index is 12.7. The second kappa shape index (κ2) is 3.48. The molecule has 0 fully saturated rings. The van der Waals surface area contributed by atoms with Gasteiger partial charge in [0.15, 0.2) is 7.12 Å². The molecule has 1 atom stereocenters. The van der Waals surface area contributed by atoms with Crippen molar-refractivity contribution in [1.82, 2.24) is 4.98 Å². The molecule has 6 heteroatoms. The standard InChI is InChI=1S/C6H6BClFNS2/c1-4-6(12(7,8)11)2-5(9)3-10-4/h2-3,11H,1H3. The third kappa shape index (κ3) is 2.31. The fourth-order valence-corrected chi connectivity index (χ4v) is 2.55. The zero-order chi connectivity index (χ0) is 9.35. The van der Waals surface area contributed by atoms with E-state index in [1.54, 1.807) is 6.92 Å². The van der Waals surface area contributed by atoms with E-state index in [2.05, 4.69) is 16.6 Å². The Morgan fingerprint density at radius 2 is 2.33 bits per heavy atom. The van der Waals surface area contributed by atoms with Crippen LogP contribution < -0.4 is 0 Å². The molecule has 0 aliphatic heterocycles. The first kappa shape index (κ1) is 10.2. The Labute approximate surface area is 82.7 Å². The van der Waals surface area contributed by atoms with Gasteiger partial charge in [-0.05, 0) is 13.0 Å². The molecule has 0 saturated heterocycles. The van der Waals surface area contributed by atoms with E-state index in [0.717, 1.165) is 6.20 Å². The first-order valence-electron chi connectivity index (χ1n) is 3.06. The summed E-state index contributed by atoms with van der Waals surface area (Å²) in [5, 5.41) is 0. The number of aromatic nitrogens is 1. The van der Waals surface area contributed by atoms with Gasteiger partial charge in [0.05, 0.1) is 11.9 Å². The molecule has 1 unspecified atom stereocenters. The molecule has 64 valence electrons. The summed E-state index contributed by atoms with van der Waals surface area (Å²) < 4.78 is 12.7. The first-order valence-corrected chi connectivity index (χ1v) is 6.64. The van der Waals surface area contributed by atoms with Crippen LogP contribution in [0.3, 0.4) is 0 Å². The highest BCUT2D eigenvalue weighted by molar-refractivity contribution is 9.05. The van der Waals surface area contributed by atoms with Crippen LogP contribution in [0.2, 0.25) is 0 Å². The highest BCUT2D eigenvalue weighted by atomic mass is 35.8. The molecule has 1 nitrogen and oxygen atoms in total. The van der Waals surface area contributed by atoms with Gasteiger partial charge in [-0.1, -0.05) is 10.7 Å². The molecule has 1 rings (SSSR count). The summed E-state index contributed by atoms with van der Waals surface area (Å²) in [5.41, 5.74) is 0.610. The minimum Gasteiger partial charge on any atom is -0.257 e. The molecule has 0 saturated carbocycles. The minimum absolute atomic E-state index is 0.451. The van der Waals surface area contributed by atoms with E-state index in [-0.39, 0.29) is 0 Å². The van der Waals surface area contributed by atoms with Crippen molar-refractivity contribution in [2.24, 2.45) is 0 Å². The number of hydrogen-bond donors (Lipinski definition) is 1. The second-order valence-electron chi connectivity index (χ2n) is 2.29. The number of aryl methyl sites for hydroxylation is 1. The molecule has 1 aromatic rings. The third-order valence-corrected chi connectivity index (χ3v) is 3.43. The third-order valence-electron chi connectivity index (χ3n) is 1.32. The van der Waals surface area contributed by atoms with Gasteiger partial charge in [-0.15, -0.1) is 19.8 Å². The molecule has 1 aromatic heterocycles. The predicted molar refractivity (Wildman–Crippen MR) is 55.4 cm³/mol. The Hall–Kier alpha value is 0.135. The Bertz CT molecular complexity index is 302. The lowest BCUT2D eigenvalue weighted by molar-refractivity contribution is 0.615. The molecule has 0 aromatic carbocycles. The predicted octanol–water partition coefficient (Wildman–Crippen LogP) is 2.77. The van der Waals surface area contributed by atoms with Gasteiger partial charge in [0.1, 0.15) is 5.82 Å². The van der Waals surface area contributed by atoms with Crippen molar-refractivity contribution in [3.63, 3.8) is 0 Å². The number of nitrogens with zero attached hydrogens (tertiary/aromatic N) is 1. The van der Waals surface area contributed by atoms with E-state index in [9.17, 15) is 4.39 Å². The summed E-state index contributed by atoms with van der Waals surface area (Å²) in [6.45, 7) is 1.71. The van der Waals surface area contributed by atoms with Crippen LogP contribution in [0, 0.1) is 12.7 Å². The van der Waals surface area contributed by atoms with Crippen LogP contribution in [0.15, 0.2) is 17.2 Å². The van der Waals surface area contributed by atoms with Gasteiger partial charge in [0, 0.05) is 4.90 Å². The Morgan fingerprint density at radius 1 is 1.75 bits per heavy atom.